The molecule has 16 heavy (non-hydrogen) atoms. The fourth-order valence-corrected chi connectivity index (χ4v) is 2.50. The molecule has 1 aliphatic heterocycles. The second-order valence-electron chi connectivity index (χ2n) is 4.15. The molecule has 0 spiro atoms. The molecule has 0 unspecified atom stereocenters. The quantitative estimate of drug-likeness (QED) is 0.856. The van der Waals surface area contributed by atoms with Crippen LogP contribution in [0.25, 0.3) is 0 Å². The van der Waals surface area contributed by atoms with Gasteiger partial charge in [-0.3, -0.25) is 4.79 Å². The number of aliphatic hydroxyl groups is 1. The van der Waals surface area contributed by atoms with Crippen LogP contribution < -0.4 is 0 Å². The lowest BCUT2D eigenvalue weighted by atomic mass is 9.94. The number of rotatable bonds is 2. The van der Waals surface area contributed by atoms with E-state index in [1.165, 1.54) is 0 Å². The lowest BCUT2D eigenvalue weighted by Gasteiger charge is -2.24. The molecule has 0 aromatic heterocycles. The van der Waals surface area contributed by atoms with Crippen LogP contribution >= 0.6 is 11.6 Å². The molecule has 1 saturated heterocycles. The second-order valence-corrected chi connectivity index (χ2v) is 4.59. The summed E-state index contributed by atoms with van der Waals surface area (Å²) in [7, 11) is 1.77. The van der Waals surface area contributed by atoms with Crippen LogP contribution in [0.15, 0.2) is 24.3 Å². The van der Waals surface area contributed by atoms with E-state index in [-0.39, 0.29) is 24.5 Å². The summed E-state index contributed by atoms with van der Waals surface area (Å²) in [5.41, 5.74) is 0.986. The first-order chi connectivity index (χ1) is 7.63. The average molecular weight is 240 g/mol. The summed E-state index contributed by atoms with van der Waals surface area (Å²) < 4.78 is 0. The summed E-state index contributed by atoms with van der Waals surface area (Å²) in [4.78, 5) is 13.3. The molecule has 1 N–H and O–H groups in total. The third-order valence-corrected chi connectivity index (χ3v) is 3.35. The zero-order valence-electron chi connectivity index (χ0n) is 9.06. The fraction of sp³-hybridized carbons (Fsp3) is 0.417. The van der Waals surface area contributed by atoms with Crippen molar-refractivity contribution in [2.24, 2.45) is 5.92 Å². The number of amides is 1. The van der Waals surface area contributed by atoms with Crippen molar-refractivity contribution in [1.82, 2.24) is 4.90 Å². The Balaban J connectivity index is 2.34. The van der Waals surface area contributed by atoms with Crippen LogP contribution in [0.1, 0.15) is 18.0 Å². The first-order valence-corrected chi connectivity index (χ1v) is 5.63. The lowest BCUT2D eigenvalue weighted by molar-refractivity contribution is -0.127. The lowest BCUT2D eigenvalue weighted by Crippen LogP contribution is -2.25. The molecule has 1 heterocycles. The Morgan fingerprint density at radius 2 is 2.31 bits per heavy atom. The summed E-state index contributed by atoms with van der Waals surface area (Å²) in [6.07, 6.45) is 0.407. The van der Waals surface area contributed by atoms with E-state index in [0.717, 1.165) is 5.56 Å². The highest BCUT2D eigenvalue weighted by Gasteiger charge is 2.37. The zero-order valence-corrected chi connectivity index (χ0v) is 9.81. The van der Waals surface area contributed by atoms with Gasteiger partial charge in [0.2, 0.25) is 5.91 Å². The number of benzene rings is 1. The van der Waals surface area contributed by atoms with Gasteiger partial charge < -0.3 is 10.0 Å². The SMILES string of the molecule is CN1C(=O)C[C@@H](CO)[C@H]1c1cccc(Cl)c1. The summed E-state index contributed by atoms with van der Waals surface area (Å²) in [6.45, 7) is 0.0211. The monoisotopic (exact) mass is 239 g/mol. The minimum Gasteiger partial charge on any atom is -0.396 e. The van der Waals surface area contributed by atoms with Crippen LogP contribution in [0.2, 0.25) is 5.02 Å². The highest BCUT2D eigenvalue weighted by atomic mass is 35.5. The number of hydrogen-bond acceptors (Lipinski definition) is 2. The maximum absolute atomic E-state index is 11.6. The molecular weight excluding hydrogens is 226 g/mol. The van der Waals surface area contributed by atoms with Crippen LogP contribution in [0, 0.1) is 5.92 Å². The van der Waals surface area contributed by atoms with E-state index in [0.29, 0.717) is 11.4 Å². The van der Waals surface area contributed by atoms with Gasteiger partial charge in [-0.1, -0.05) is 23.7 Å². The van der Waals surface area contributed by atoms with Crippen LogP contribution in [0.3, 0.4) is 0 Å². The van der Waals surface area contributed by atoms with Crippen molar-refractivity contribution in [3.8, 4) is 0 Å². The predicted octanol–water partition coefficient (Wildman–Crippen LogP) is 1.85. The molecule has 0 radical (unpaired) electrons. The minimum absolute atomic E-state index is 0.0211. The fourth-order valence-electron chi connectivity index (χ4n) is 2.30. The first-order valence-electron chi connectivity index (χ1n) is 5.25. The molecular formula is C12H14ClNO2. The second kappa shape index (κ2) is 4.44. The van der Waals surface area contributed by atoms with Gasteiger partial charge in [0.05, 0.1) is 6.04 Å². The molecule has 1 aromatic carbocycles. The molecule has 0 bridgehead atoms. The van der Waals surface area contributed by atoms with Crippen molar-refractivity contribution >= 4 is 17.5 Å². The number of nitrogens with zero attached hydrogens (tertiary/aromatic N) is 1. The standard InChI is InChI=1S/C12H14ClNO2/c1-14-11(16)6-9(7-15)12(14)8-3-2-4-10(13)5-8/h2-5,9,12,15H,6-7H2,1H3/t9-,12+/m0/s1. The Labute approximate surface area is 99.6 Å². The van der Waals surface area contributed by atoms with Gasteiger partial charge in [0.1, 0.15) is 0 Å². The van der Waals surface area contributed by atoms with Crippen LogP contribution in [-0.2, 0) is 4.79 Å². The largest absolute Gasteiger partial charge is 0.396 e. The smallest absolute Gasteiger partial charge is 0.223 e. The van der Waals surface area contributed by atoms with Crippen molar-refractivity contribution in [3.63, 3.8) is 0 Å². The van der Waals surface area contributed by atoms with Gasteiger partial charge in [0.25, 0.3) is 0 Å². The maximum atomic E-state index is 11.6. The maximum Gasteiger partial charge on any atom is 0.223 e. The van der Waals surface area contributed by atoms with Gasteiger partial charge in [0, 0.05) is 31.0 Å². The molecule has 0 aliphatic carbocycles. The van der Waals surface area contributed by atoms with Crippen LogP contribution in [0.5, 0.6) is 0 Å². The third-order valence-electron chi connectivity index (χ3n) is 3.12. The normalized spacial score (nSPS) is 25.2. The Kier molecular flexibility index (Phi) is 3.17. The highest BCUT2D eigenvalue weighted by Crippen LogP contribution is 2.37. The van der Waals surface area contributed by atoms with E-state index in [2.05, 4.69) is 0 Å². The first kappa shape index (κ1) is 11.4. The van der Waals surface area contributed by atoms with E-state index in [4.69, 9.17) is 11.6 Å². The van der Waals surface area contributed by atoms with Gasteiger partial charge in [-0.25, -0.2) is 0 Å². The van der Waals surface area contributed by atoms with Crippen molar-refractivity contribution in [2.75, 3.05) is 13.7 Å². The Morgan fingerprint density at radius 3 is 2.94 bits per heavy atom. The topological polar surface area (TPSA) is 40.5 Å². The minimum atomic E-state index is -0.0591. The van der Waals surface area contributed by atoms with Crippen molar-refractivity contribution < 1.29 is 9.90 Å². The molecule has 1 amide bonds. The molecule has 2 atom stereocenters. The van der Waals surface area contributed by atoms with Gasteiger partial charge in [-0.2, -0.15) is 0 Å². The van der Waals surface area contributed by atoms with Gasteiger partial charge in [0.15, 0.2) is 0 Å². The van der Waals surface area contributed by atoms with E-state index >= 15 is 0 Å². The van der Waals surface area contributed by atoms with Crippen molar-refractivity contribution in [2.45, 2.75) is 12.5 Å². The average Bonchev–Trinajstić information content (AvgIpc) is 2.55. The van der Waals surface area contributed by atoms with E-state index < -0.39 is 0 Å². The number of aliphatic hydroxyl groups excluding tert-OH is 1. The number of halogens is 1. The zero-order chi connectivity index (χ0) is 11.7. The van der Waals surface area contributed by atoms with Crippen molar-refractivity contribution in [3.05, 3.63) is 34.9 Å². The molecule has 86 valence electrons. The highest BCUT2D eigenvalue weighted by molar-refractivity contribution is 6.30. The molecule has 4 heteroatoms. The van der Waals surface area contributed by atoms with E-state index in [9.17, 15) is 9.90 Å². The molecule has 1 aliphatic rings. The summed E-state index contributed by atoms with van der Waals surface area (Å²) in [5, 5.41) is 9.95. The summed E-state index contributed by atoms with van der Waals surface area (Å²) >= 11 is 5.93. The Bertz CT molecular complexity index is 408. The molecule has 2 rings (SSSR count). The molecule has 0 saturated carbocycles. The van der Waals surface area contributed by atoms with Gasteiger partial charge in [-0.05, 0) is 17.7 Å². The number of likely N-dealkylation sites (tertiary alicyclic amines) is 1. The van der Waals surface area contributed by atoms with Gasteiger partial charge in [-0.15, -0.1) is 0 Å². The van der Waals surface area contributed by atoms with E-state index in [1.54, 1.807) is 18.0 Å². The van der Waals surface area contributed by atoms with Crippen LogP contribution in [-0.4, -0.2) is 29.6 Å². The third kappa shape index (κ3) is 1.93. The predicted molar refractivity (Wildman–Crippen MR) is 62.2 cm³/mol. The summed E-state index contributed by atoms with van der Waals surface area (Å²) in [5.74, 6) is 0.0417. The van der Waals surface area contributed by atoms with E-state index in [1.807, 2.05) is 18.2 Å². The number of carbonyl (C=O) groups is 1. The van der Waals surface area contributed by atoms with Crippen LogP contribution in [0.4, 0.5) is 0 Å². The Morgan fingerprint density at radius 1 is 1.56 bits per heavy atom. The number of carbonyl (C=O) groups excluding carboxylic acids is 1. The number of hydrogen-bond donors (Lipinski definition) is 1. The molecule has 3 nitrogen and oxygen atoms in total. The molecule has 1 fully saturated rings. The van der Waals surface area contributed by atoms with Crippen molar-refractivity contribution in [1.29, 1.82) is 0 Å². The molecule has 1 aromatic rings. The Hall–Kier alpha value is -1.06. The van der Waals surface area contributed by atoms with Gasteiger partial charge >= 0.3 is 0 Å². The summed E-state index contributed by atoms with van der Waals surface area (Å²) in [6, 6.07) is 7.40.